The van der Waals surface area contributed by atoms with Crippen molar-refractivity contribution in [3.8, 4) is 0 Å². The molecule has 1 rings (SSSR count). The molecule has 0 unspecified atom stereocenters. The summed E-state index contributed by atoms with van der Waals surface area (Å²) in [5.74, 6) is 0. The van der Waals surface area contributed by atoms with E-state index in [2.05, 4.69) is 0 Å². The van der Waals surface area contributed by atoms with Crippen LogP contribution in [0.1, 0.15) is 0 Å². The average molecular weight is 178 g/mol. The van der Waals surface area contributed by atoms with Gasteiger partial charge in [0, 0.05) is 0 Å². The minimum atomic E-state index is -4.28. The van der Waals surface area contributed by atoms with Crippen LogP contribution in [0.15, 0.2) is 23.1 Å². The molecule has 0 N–H and O–H groups in total. The summed E-state index contributed by atoms with van der Waals surface area (Å²) >= 11 is -4.28. The van der Waals surface area contributed by atoms with Gasteiger partial charge in [0.05, 0.1) is 0 Å². The molecule has 0 atom stereocenters. The van der Waals surface area contributed by atoms with Crippen molar-refractivity contribution in [1.82, 2.24) is 0 Å². The fourth-order valence-electron chi connectivity index (χ4n) is 0.443. The van der Waals surface area contributed by atoms with Gasteiger partial charge in [0.25, 0.3) is 0 Å². The van der Waals surface area contributed by atoms with Crippen molar-refractivity contribution in [2.45, 2.75) is 0 Å². The molecular weight excluding hydrogens is 173 g/mol. The van der Waals surface area contributed by atoms with E-state index in [9.17, 15) is 6.93 Å². The molecule has 0 aliphatic carbocycles. The van der Waals surface area contributed by atoms with Crippen molar-refractivity contribution in [2.24, 2.45) is 0 Å². The maximum absolute atomic E-state index is 12.2. The second-order valence-electron chi connectivity index (χ2n) is 1.48. The van der Waals surface area contributed by atoms with E-state index >= 15 is 0 Å². The van der Waals surface area contributed by atoms with Crippen molar-refractivity contribution in [1.29, 1.82) is 0 Å². The molecule has 0 saturated carbocycles. The Kier molecular flexibility index (Phi) is 1.43. The van der Waals surface area contributed by atoms with Crippen LogP contribution < -0.4 is 0 Å². The van der Waals surface area contributed by atoms with Crippen LogP contribution >= 0.6 is 0 Å². The Hall–Kier alpha value is -0.232. The van der Waals surface area contributed by atoms with E-state index in [1.807, 2.05) is 0 Å². The van der Waals surface area contributed by atoms with Gasteiger partial charge in [0.15, 0.2) is 0 Å². The second kappa shape index (κ2) is 1.94. The Morgan fingerprint density at radius 2 is 1.75 bits per heavy atom. The number of halogens is 2. The first-order valence-electron chi connectivity index (χ1n) is 2.19. The summed E-state index contributed by atoms with van der Waals surface area (Å²) in [6.07, 6.45) is 4.43. The van der Waals surface area contributed by atoms with Crippen LogP contribution in [0.2, 0.25) is 0 Å². The fourth-order valence-corrected chi connectivity index (χ4v) is 2.03. The summed E-state index contributed by atoms with van der Waals surface area (Å²) in [6, 6.07) is 0. The van der Waals surface area contributed by atoms with Gasteiger partial charge >= 0.3 is 48.9 Å². The normalized spacial score (nSPS) is 22.8. The van der Waals surface area contributed by atoms with E-state index in [-0.39, 0.29) is 0 Å². The molecule has 0 nitrogen and oxygen atoms in total. The molecule has 0 fully saturated rings. The summed E-state index contributed by atoms with van der Waals surface area (Å²) in [4.78, 5) is 2.05. The van der Waals surface area contributed by atoms with Crippen LogP contribution in [0.4, 0.5) is 6.93 Å². The summed E-state index contributed by atoms with van der Waals surface area (Å²) in [5, 5.41) is 0. The average Bonchev–Trinajstić information content (AvgIpc) is 1.65. The molecule has 8 heavy (non-hydrogen) atoms. The Bertz CT molecular complexity index is 185. The minimum absolute atomic E-state index is 1.03. The molecule has 0 bridgehead atoms. The molecule has 1 aliphatic heterocycles. The number of hydrogen-bond acceptors (Lipinski definition) is 0. The molecule has 0 saturated heterocycles. The first-order valence-corrected chi connectivity index (χ1v) is 5.77. The van der Waals surface area contributed by atoms with E-state index in [4.69, 9.17) is 0 Å². The van der Waals surface area contributed by atoms with E-state index in [0.29, 0.717) is 0 Å². The monoisotopic (exact) mass is 178 g/mol. The van der Waals surface area contributed by atoms with E-state index in [1.54, 1.807) is 6.08 Å². The number of allylic oxidation sites excluding steroid dienone is 3. The molecule has 0 aromatic carbocycles. The molecule has 0 amide bonds. The summed E-state index contributed by atoms with van der Waals surface area (Å²) in [7, 11) is 0. The van der Waals surface area contributed by atoms with Crippen molar-refractivity contribution < 1.29 is 6.93 Å². The van der Waals surface area contributed by atoms with Crippen LogP contribution in [-0.4, -0.2) is 18.9 Å². The van der Waals surface area contributed by atoms with Gasteiger partial charge in [-0.25, -0.2) is 0 Å². The zero-order valence-electron chi connectivity index (χ0n) is 4.09. The second-order valence-corrected chi connectivity index (χ2v) is 5.26. The quantitative estimate of drug-likeness (QED) is 0.492. The molecule has 0 radical (unpaired) electrons. The Balaban J connectivity index is 3.00. The number of rotatable bonds is 0. The first-order chi connectivity index (χ1) is 3.71. The molecule has 0 aromatic heterocycles. The predicted molar refractivity (Wildman–Crippen MR) is 32.3 cm³/mol. The molecule has 3 heteroatoms. The standard InChI is InChI=1S/C5H5AsF2/c7-6(8)4-2-1-3-5-6/h1-5H. The van der Waals surface area contributed by atoms with Gasteiger partial charge in [0.2, 0.25) is 0 Å². The van der Waals surface area contributed by atoms with Gasteiger partial charge < -0.3 is 0 Å². The van der Waals surface area contributed by atoms with Gasteiger partial charge in [0.1, 0.15) is 0 Å². The van der Waals surface area contributed by atoms with E-state index in [0.717, 1.165) is 9.67 Å². The summed E-state index contributed by atoms with van der Waals surface area (Å²) < 4.78 is 24.4. The van der Waals surface area contributed by atoms with Gasteiger partial charge in [-0.3, -0.25) is 0 Å². The van der Waals surface area contributed by atoms with Crippen LogP contribution in [0, 0.1) is 0 Å². The Labute approximate surface area is 49.5 Å². The molecular formula is C5H5AsF2. The maximum atomic E-state index is 12.2. The van der Waals surface area contributed by atoms with Gasteiger partial charge in [-0.05, 0) is 0 Å². The zero-order valence-corrected chi connectivity index (χ0v) is 5.97. The molecule has 1 heterocycles. The predicted octanol–water partition coefficient (Wildman–Crippen LogP) is 1.42. The molecule has 44 valence electrons. The van der Waals surface area contributed by atoms with Crippen LogP contribution in [0.25, 0.3) is 0 Å². The Morgan fingerprint density at radius 1 is 1.00 bits per heavy atom. The zero-order chi connectivity index (χ0) is 6.04. The van der Waals surface area contributed by atoms with Crippen molar-refractivity contribution in [3.05, 3.63) is 23.1 Å². The van der Waals surface area contributed by atoms with Gasteiger partial charge in [-0.1, -0.05) is 0 Å². The Morgan fingerprint density at radius 3 is 2.00 bits per heavy atom. The number of hydrogen-bond donors (Lipinski definition) is 0. The van der Waals surface area contributed by atoms with E-state index < -0.39 is 14.0 Å². The van der Waals surface area contributed by atoms with Crippen molar-refractivity contribution >= 4 is 18.9 Å². The van der Waals surface area contributed by atoms with Gasteiger partial charge in [-0.2, -0.15) is 0 Å². The van der Waals surface area contributed by atoms with E-state index in [1.165, 1.54) is 12.2 Å². The van der Waals surface area contributed by atoms with Crippen LogP contribution in [-0.2, 0) is 0 Å². The van der Waals surface area contributed by atoms with Crippen LogP contribution in [0.3, 0.4) is 0 Å². The van der Waals surface area contributed by atoms with Crippen molar-refractivity contribution in [2.75, 3.05) is 0 Å². The third kappa shape index (κ3) is 1.37. The SMILES string of the molecule is F[As]1(F)=CC=CC=C1. The van der Waals surface area contributed by atoms with Crippen LogP contribution in [0.5, 0.6) is 0 Å². The third-order valence-electron chi connectivity index (χ3n) is 0.792. The van der Waals surface area contributed by atoms with Crippen molar-refractivity contribution in [3.63, 3.8) is 0 Å². The summed E-state index contributed by atoms with van der Waals surface area (Å²) in [5.41, 5.74) is 0. The fraction of sp³-hybridized carbons (Fsp3) is 0. The molecule has 0 aromatic rings. The topological polar surface area (TPSA) is 0 Å². The summed E-state index contributed by atoms with van der Waals surface area (Å²) in [6.45, 7) is 0. The molecule has 0 spiro atoms. The molecule has 1 aliphatic rings. The third-order valence-corrected chi connectivity index (χ3v) is 3.18. The first kappa shape index (κ1) is 5.90. The van der Waals surface area contributed by atoms with Gasteiger partial charge in [-0.15, -0.1) is 0 Å².